The van der Waals surface area contributed by atoms with Crippen molar-refractivity contribution < 1.29 is 4.74 Å². The first-order valence-corrected chi connectivity index (χ1v) is 7.76. The van der Waals surface area contributed by atoms with Crippen molar-refractivity contribution in [1.82, 2.24) is 5.32 Å². The fourth-order valence-electron chi connectivity index (χ4n) is 2.21. The number of ether oxygens (including phenoxy) is 1. The Labute approximate surface area is 128 Å². The number of nitrogens with one attached hydrogen (secondary N) is 1. The van der Waals surface area contributed by atoms with Gasteiger partial charge in [-0.2, -0.15) is 0 Å². The van der Waals surface area contributed by atoms with Crippen LogP contribution in [0.3, 0.4) is 0 Å². The number of aryl methyl sites for hydroxylation is 1. The zero-order valence-electron chi connectivity index (χ0n) is 13.1. The SMILES string of the molecule is CCCCOc1ccc(CNCc2cccc(C)c2)cc1. The lowest BCUT2D eigenvalue weighted by Gasteiger charge is -2.08. The van der Waals surface area contributed by atoms with Crippen LogP contribution in [0.4, 0.5) is 0 Å². The van der Waals surface area contributed by atoms with Gasteiger partial charge in [-0.3, -0.25) is 0 Å². The van der Waals surface area contributed by atoms with Gasteiger partial charge in [0.15, 0.2) is 0 Å². The fraction of sp³-hybridized carbons (Fsp3) is 0.368. The molecule has 0 atom stereocenters. The van der Waals surface area contributed by atoms with Crippen molar-refractivity contribution in [2.75, 3.05) is 6.61 Å². The molecule has 0 aliphatic carbocycles. The van der Waals surface area contributed by atoms with Gasteiger partial charge in [0, 0.05) is 13.1 Å². The molecule has 0 aromatic heterocycles. The summed E-state index contributed by atoms with van der Waals surface area (Å²) in [4.78, 5) is 0. The summed E-state index contributed by atoms with van der Waals surface area (Å²) in [5.41, 5.74) is 3.92. The lowest BCUT2D eigenvalue weighted by molar-refractivity contribution is 0.309. The Morgan fingerprint density at radius 1 is 0.952 bits per heavy atom. The van der Waals surface area contributed by atoms with Crippen molar-refractivity contribution in [1.29, 1.82) is 0 Å². The molecule has 0 bridgehead atoms. The minimum absolute atomic E-state index is 0.807. The van der Waals surface area contributed by atoms with Crippen LogP contribution in [-0.4, -0.2) is 6.61 Å². The Balaban J connectivity index is 1.75. The van der Waals surface area contributed by atoms with Crippen LogP contribution >= 0.6 is 0 Å². The largest absolute Gasteiger partial charge is 0.494 e. The van der Waals surface area contributed by atoms with Crippen molar-refractivity contribution in [2.45, 2.75) is 39.8 Å². The van der Waals surface area contributed by atoms with E-state index in [1.54, 1.807) is 0 Å². The second kappa shape index (κ2) is 8.48. The standard InChI is InChI=1S/C19H25NO/c1-3-4-12-21-19-10-8-17(9-11-19)14-20-15-18-7-5-6-16(2)13-18/h5-11,13,20H,3-4,12,14-15H2,1-2H3. The van der Waals surface area contributed by atoms with Crippen molar-refractivity contribution >= 4 is 0 Å². The summed E-state index contributed by atoms with van der Waals surface area (Å²) in [5.74, 6) is 0.964. The summed E-state index contributed by atoms with van der Waals surface area (Å²) in [6.07, 6.45) is 2.28. The minimum atomic E-state index is 0.807. The van der Waals surface area contributed by atoms with Crippen LogP contribution < -0.4 is 10.1 Å². The molecule has 0 heterocycles. The first-order valence-electron chi connectivity index (χ1n) is 7.76. The Morgan fingerprint density at radius 2 is 1.71 bits per heavy atom. The Kier molecular flexibility index (Phi) is 6.29. The van der Waals surface area contributed by atoms with Gasteiger partial charge in [-0.1, -0.05) is 55.3 Å². The van der Waals surface area contributed by atoms with E-state index in [2.05, 4.69) is 67.7 Å². The highest BCUT2D eigenvalue weighted by atomic mass is 16.5. The monoisotopic (exact) mass is 283 g/mol. The topological polar surface area (TPSA) is 21.3 Å². The molecule has 21 heavy (non-hydrogen) atoms. The van der Waals surface area contributed by atoms with Crippen LogP contribution in [0.15, 0.2) is 48.5 Å². The highest BCUT2D eigenvalue weighted by Gasteiger charge is 1.97. The molecule has 2 rings (SSSR count). The molecule has 1 N–H and O–H groups in total. The second-order valence-corrected chi connectivity index (χ2v) is 5.44. The maximum Gasteiger partial charge on any atom is 0.119 e. The lowest BCUT2D eigenvalue weighted by Crippen LogP contribution is -2.12. The first-order chi connectivity index (χ1) is 10.3. The van der Waals surface area contributed by atoms with Crippen LogP contribution in [0, 0.1) is 6.92 Å². The lowest BCUT2D eigenvalue weighted by atomic mass is 10.1. The van der Waals surface area contributed by atoms with Crippen LogP contribution in [0.25, 0.3) is 0 Å². The highest BCUT2D eigenvalue weighted by Crippen LogP contribution is 2.13. The molecule has 0 saturated heterocycles. The summed E-state index contributed by atoms with van der Waals surface area (Å²) in [5, 5.41) is 3.48. The number of hydrogen-bond donors (Lipinski definition) is 1. The maximum absolute atomic E-state index is 5.67. The van der Waals surface area contributed by atoms with E-state index in [1.807, 2.05) is 0 Å². The van der Waals surface area contributed by atoms with Gasteiger partial charge in [-0.15, -0.1) is 0 Å². The second-order valence-electron chi connectivity index (χ2n) is 5.44. The molecular formula is C19H25NO. The predicted molar refractivity (Wildman–Crippen MR) is 88.6 cm³/mol. The van der Waals surface area contributed by atoms with Crippen LogP contribution in [0.2, 0.25) is 0 Å². The average Bonchev–Trinajstić information content (AvgIpc) is 2.49. The molecule has 0 saturated carbocycles. The summed E-state index contributed by atoms with van der Waals surface area (Å²) in [6, 6.07) is 17.0. The van der Waals surface area contributed by atoms with E-state index in [-0.39, 0.29) is 0 Å². The Morgan fingerprint density at radius 3 is 2.43 bits per heavy atom. The van der Waals surface area contributed by atoms with Gasteiger partial charge in [-0.25, -0.2) is 0 Å². The van der Waals surface area contributed by atoms with E-state index in [0.29, 0.717) is 0 Å². The van der Waals surface area contributed by atoms with Crippen molar-refractivity contribution in [3.63, 3.8) is 0 Å². The molecule has 112 valence electrons. The molecule has 0 radical (unpaired) electrons. The molecule has 2 aromatic rings. The predicted octanol–water partition coefficient (Wildman–Crippen LogP) is 4.46. The van der Waals surface area contributed by atoms with Gasteiger partial charge in [-0.05, 0) is 36.6 Å². The van der Waals surface area contributed by atoms with E-state index in [4.69, 9.17) is 4.74 Å². The quantitative estimate of drug-likeness (QED) is 0.722. The molecule has 0 fully saturated rings. The third-order valence-corrected chi connectivity index (χ3v) is 3.43. The number of unbranched alkanes of at least 4 members (excludes halogenated alkanes) is 1. The summed E-state index contributed by atoms with van der Waals surface area (Å²) < 4.78 is 5.67. The van der Waals surface area contributed by atoms with E-state index in [9.17, 15) is 0 Å². The molecule has 0 spiro atoms. The summed E-state index contributed by atoms with van der Waals surface area (Å²) in [6.45, 7) is 6.88. The van der Waals surface area contributed by atoms with E-state index < -0.39 is 0 Å². The highest BCUT2D eigenvalue weighted by molar-refractivity contribution is 5.27. The van der Waals surface area contributed by atoms with Gasteiger partial charge < -0.3 is 10.1 Å². The molecular weight excluding hydrogens is 258 g/mol. The molecule has 2 aromatic carbocycles. The van der Waals surface area contributed by atoms with Gasteiger partial charge >= 0.3 is 0 Å². The molecule has 0 aliphatic heterocycles. The van der Waals surface area contributed by atoms with Gasteiger partial charge in [0.2, 0.25) is 0 Å². The molecule has 2 nitrogen and oxygen atoms in total. The van der Waals surface area contributed by atoms with E-state index in [1.165, 1.54) is 23.1 Å². The van der Waals surface area contributed by atoms with Gasteiger partial charge in [0.25, 0.3) is 0 Å². The number of hydrogen-bond acceptors (Lipinski definition) is 2. The molecule has 0 aliphatic rings. The molecule has 0 amide bonds. The number of benzene rings is 2. The van der Waals surface area contributed by atoms with E-state index in [0.717, 1.165) is 31.9 Å². The Bertz CT molecular complexity index is 534. The zero-order chi connectivity index (χ0) is 14.9. The first kappa shape index (κ1) is 15.6. The van der Waals surface area contributed by atoms with E-state index >= 15 is 0 Å². The third kappa shape index (κ3) is 5.60. The maximum atomic E-state index is 5.67. The van der Waals surface area contributed by atoms with Gasteiger partial charge in [0.1, 0.15) is 5.75 Å². The summed E-state index contributed by atoms with van der Waals surface area (Å²) in [7, 11) is 0. The minimum Gasteiger partial charge on any atom is -0.494 e. The smallest absolute Gasteiger partial charge is 0.119 e. The van der Waals surface area contributed by atoms with Crippen molar-refractivity contribution in [3.8, 4) is 5.75 Å². The molecule has 2 heteroatoms. The third-order valence-electron chi connectivity index (χ3n) is 3.43. The Hall–Kier alpha value is -1.80. The van der Waals surface area contributed by atoms with Crippen LogP contribution in [0.5, 0.6) is 5.75 Å². The average molecular weight is 283 g/mol. The van der Waals surface area contributed by atoms with Crippen molar-refractivity contribution in [2.24, 2.45) is 0 Å². The van der Waals surface area contributed by atoms with Crippen LogP contribution in [0.1, 0.15) is 36.5 Å². The molecule has 0 unspecified atom stereocenters. The summed E-state index contributed by atoms with van der Waals surface area (Å²) >= 11 is 0. The fourth-order valence-corrected chi connectivity index (χ4v) is 2.21. The number of rotatable bonds is 8. The van der Waals surface area contributed by atoms with Crippen LogP contribution in [-0.2, 0) is 13.1 Å². The van der Waals surface area contributed by atoms with Gasteiger partial charge in [0.05, 0.1) is 6.61 Å². The normalized spacial score (nSPS) is 10.6. The van der Waals surface area contributed by atoms with Crippen molar-refractivity contribution in [3.05, 3.63) is 65.2 Å². The zero-order valence-corrected chi connectivity index (χ0v) is 13.1.